The summed E-state index contributed by atoms with van der Waals surface area (Å²) in [6.07, 6.45) is 0. The summed E-state index contributed by atoms with van der Waals surface area (Å²) in [7, 11) is 0. The zero-order valence-electron chi connectivity index (χ0n) is 34.9. The van der Waals surface area contributed by atoms with Crippen molar-refractivity contribution >= 4 is 66.3 Å². The highest BCUT2D eigenvalue weighted by molar-refractivity contribution is 7.22. The normalized spacial score (nSPS) is 14.3. The van der Waals surface area contributed by atoms with E-state index in [2.05, 4.69) is 252 Å². The van der Waals surface area contributed by atoms with Gasteiger partial charge >= 0.3 is 0 Å². The summed E-state index contributed by atoms with van der Waals surface area (Å²) >= 11 is 1.93. The minimum Gasteiger partial charge on any atom is -0.310 e. The number of hydrogen-bond acceptors (Lipinski definition) is 3. The summed E-state index contributed by atoms with van der Waals surface area (Å²) < 4.78 is 1.31. The van der Waals surface area contributed by atoms with E-state index in [0.29, 0.717) is 0 Å². The molecular weight excluding hydrogens is 793 g/mol. The number of thiophene rings is 1. The number of hydrogen-bond donors (Lipinski definition) is 0. The Morgan fingerprint density at radius 3 is 1.61 bits per heavy atom. The zero-order valence-corrected chi connectivity index (χ0v) is 35.7. The Morgan fingerprint density at radius 2 is 0.844 bits per heavy atom. The van der Waals surface area contributed by atoms with Gasteiger partial charge in [-0.1, -0.05) is 170 Å². The van der Waals surface area contributed by atoms with E-state index in [1.54, 1.807) is 0 Å². The van der Waals surface area contributed by atoms with Gasteiger partial charge in [-0.05, 0) is 134 Å². The van der Waals surface area contributed by atoms with Gasteiger partial charge in [0.15, 0.2) is 0 Å². The van der Waals surface area contributed by atoms with E-state index in [1.165, 1.54) is 75.8 Å². The highest BCUT2D eigenvalue weighted by Gasteiger charge is 2.54. The molecule has 1 unspecified atom stereocenters. The Hall–Kier alpha value is -7.98. The number of para-hydroxylation sites is 2. The molecule has 1 atom stereocenters. The average molecular weight is 833 g/mol. The number of fused-ring (bicyclic) bond motifs is 13. The van der Waals surface area contributed by atoms with Gasteiger partial charge in [-0.15, -0.1) is 11.3 Å². The first-order valence-corrected chi connectivity index (χ1v) is 22.8. The summed E-state index contributed by atoms with van der Waals surface area (Å²) in [4.78, 5) is 6.22. The highest BCUT2D eigenvalue weighted by Crippen LogP contribution is 2.67. The van der Waals surface area contributed by atoms with Crippen molar-refractivity contribution in [2.75, 3.05) is 9.80 Å². The van der Waals surface area contributed by atoms with Crippen molar-refractivity contribution in [2.24, 2.45) is 0 Å². The zero-order chi connectivity index (χ0) is 42.2. The number of anilines is 6. The van der Waals surface area contributed by atoms with Crippen LogP contribution in [0, 0.1) is 0 Å². The van der Waals surface area contributed by atoms with Crippen molar-refractivity contribution in [3.8, 4) is 32.7 Å². The molecule has 1 spiro atoms. The van der Waals surface area contributed by atoms with Gasteiger partial charge in [-0.2, -0.15) is 0 Å². The molecule has 0 N–H and O–H groups in total. The maximum absolute atomic E-state index is 2.51. The van der Waals surface area contributed by atoms with E-state index < -0.39 is 5.41 Å². The van der Waals surface area contributed by atoms with Gasteiger partial charge in [0.25, 0.3) is 0 Å². The summed E-state index contributed by atoms with van der Waals surface area (Å²) in [5.41, 5.74) is 17.8. The third-order valence-corrected chi connectivity index (χ3v) is 14.6. The first-order chi connectivity index (χ1) is 31.8. The third kappa shape index (κ3) is 5.44. The molecule has 0 amide bonds. The summed E-state index contributed by atoms with van der Waals surface area (Å²) in [6.45, 7) is 0. The van der Waals surface area contributed by atoms with Crippen LogP contribution in [0.1, 0.15) is 22.3 Å². The second kappa shape index (κ2) is 14.6. The van der Waals surface area contributed by atoms with Crippen LogP contribution in [0.4, 0.5) is 34.1 Å². The Morgan fingerprint density at radius 1 is 0.328 bits per heavy atom. The van der Waals surface area contributed by atoms with Gasteiger partial charge in [0.2, 0.25) is 0 Å². The first kappa shape index (κ1) is 36.7. The molecule has 2 aliphatic rings. The van der Waals surface area contributed by atoms with Crippen molar-refractivity contribution in [3.05, 3.63) is 265 Å². The van der Waals surface area contributed by atoms with E-state index >= 15 is 0 Å². The van der Waals surface area contributed by atoms with Crippen LogP contribution in [-0.4, -0.2) is 0 Å². The predicted molar refractivity (Wildman–Crippen MR) is 270 cm³/mol. The molecule has 0 fully saturated rings. The molecule has 3 heteroatoms. The Balaban J connectivity index is 1.08. The molecule has 2 aliphatic carbocycles. The lowest BCUT2D eigenvalue weighted by atomic mass is 9.70. The third-order valence-electron chi connectivity index (χ3n) is 13.4. The smallest absolute Gasteiger partial charge is 0.0741 e. The maximum Gasteiger partial charge on any atom is 0.0741 e. The largest absolute Gasteiger partial charge is 0.310 e. The lowest BCUT2D eigenvalue weighted by molar-refractivity contribution is 0.802. The highest BCUT2D eigenvalue weighted by atomic mass is 32.1. The summed E-state index contributed by atoms with van der Waals surface area (Å²) in [6, 6.07) is 89.4. The average Bonchev–Trinajstić information content (AvgIpc) is 3.99. The SMILES string of the molecule is c1ccc(-c2ccc(N(c3ccccc3)c3ccc4c(c3)C3(c5ccccc5-c5ccc(N(c6ccccc6)c6cccc7ccccc67)cc53)c3c-4sc4ccccc34)cc2)cc1. The molecule has 300 valence electrons. The number of rotatable bonds is 7. The first-order valence-electron chi connectivity index (χ1n) is 22.0. The van der Waals surface area contributed by atoms with E-state index in [-0.39, 0.29) is 0 Å². The number of nitrogens with zero attached hydrogens (tertiary/aromatic N) is 2. The lowest BCUT2D eigenvalue weighted by Gasteiger charge is -2.33. The molecule has 64 heavy (non-hydrogen) atoms. The molecule has 2 nitrogen and oxygen atoms in total. The molecule has 10 aromatic carbocycles. The quantitative estimate of drug-likeness (QED) is 0.158. The Kier molecular flexibility index (Phi) is 8.34. The van der Waals surface area contributed by atoms with Gasteiger partial charge in [0.05, 0.1) is 11.1 Å². The van der Waals surface area contributed by atoms with Crippen LogP contribution in [0.25, 0.3) is 53.6 Å². The molecule has 0 aliphatic heterocycles. The fraction of sp³-hybridized carbons (Fsp3) is 0.0164. The molecule has 1 heterocycles. The molecule has 0 bridgehead atoms. The van der Waals surface area contributed by atoms with Crippen molar-refractivity contribution in [3.63, 3.8) is 0 Å². The van der Waals surface area contributed by atoms with Crippen LogP contribution in [0.15, 0.2) is 243 Å². The predicted octanol–water partition coefficient (Wildman–Crippen LogP) is 17.0. The topological polar surface area (TPSA) is 6.48 Å². The maximum atomic E-state index is 2.51. The Labute approximate surface area is 377 Å². The number of benzene rings is 10. The molecule has 13 rings (SSSR count). The summed E-state index contributed by atoms with van der Waals surface area (Å²) in [5.74, 6) is 0. The van der Waals surface area contributed by atoms with Crippen LogP contribution in [0.5, 0.6) is 0 Å². The van der Waals surface area contributed by atoms with E-state index in [1.807, 2.05) is 11.3 Å². The molecule has 11 aromatic rings. The molecule has 1 aromatic heterocycles. The van der Waals surface area contributed by atoms with Crippen LogP contribution in [-0.2, 0) is 5.41 Å². The van der Waals surface area contributed by atoms with Crippen LogP contribution >= 0.6 is 11.3 Å². The lowest BCUT2D eigenvalue weighted by Crippen LogP contribution is -2.26. The van der Waals surface area contributed by atoms with E-state index in [9.17, 15) is 0 Å². The fourth-order valence-corrected chi connectivity index (χ4v) is 12.1. The standard InChI is InChI=1S/C61H40N2S/c1-4-17-41(18-5-1)42-31-33-46(34-32-42)62(44-21-6-2-7-22-44)47-36-38-52-56(39-47)61(59-53-27-13-15-30-58(53)64-60(52)59)54-28-14-12-26-50(54)51-37-35-48(40-55(51)61)63(45-23-8-3-9-24-45)57-29-16-20-43-19-10-11-25-49(43)57/h1-40H. The van der Waals surface area contributed by atoms with Crippen LogP contribution < -0.4 is 9.80 Å². The van der Waals surface area contributed by atoms with Gasteiger partial charge < -0.3 is 9.80 Å². The Bertz CT molecular complexity index is 3550. The van der Waals surface area contributed by atoms with Crippen LogP contribution in [0.2, 0.25) is 0 Å². The molecular formula is C61H40N2S. The van der Waals surface area contributed by atoms with Crippen LogP contribution in [0.3, 0.4) is 0 Å². The second-order valence-corrected chi connectivity index (χ2v) is 17.9. The van der Waals surface area contributed by atoms with Crippen molar-refractivity contribution in [1.29, 1.82) is 0 Å². The minimum atomic E-state index is -0.581. The minimum absolute atomic E-state index is 0.581. The van der Waals surface area contributed by atoms with Gasteiger partial charge in [0, 0.05) is 43.4 Å². The second-order valence-electron chi connectivity index (χ2n) is 16.8. The van der Waals surface area contributed by atoms with Gasteiger partial charge in [-0.3, -0.25) is 0 Å². The fourth-order valence-electron chi connectivity index (χ4n) is 10.8. The summed E-state index contributed by atoms with van der Waals surface area (Å²) in [5, 5.41) is 3.75. The van der Waals surface area contributed by atoms with Gasteiger partial charge in [-0.25, -0.2) is 0 Å². The van der Waals surface area contributed by atoms with E-state index in [0.717, 1.165) is 34.1 Å². The van der Waals surface area contributed by atoms with E-state index in [4.69, 9.17) is 0 Å². The van der Waals surface area contributed by atoms with Crippen molar-refractivity contribution in [2.45, 2.75) is 5.41 Å². The molecule has 0 saturated heterocycles. The van der Waals surface area contributed by atoms with Gasteiger partial charge in [0.1, 0.15) is 0 Å². The monoisotopic (exact) mass is 832 g/mol. The van der Waals surface area contributed by atoms with Crippen molar-refractivity contribution in [1.82, 2.24) is 0 Å². The molecule has 0 saturated carbocycles. The molecule has 0 radical (unpaired) electrons. The van der Waals surface area contributed by atoms with Crippen molar-refractivity contribution < 1.29 is 0 Å².